The summed E-state index contributed by atoms with van der Waals surface area (Å²) in [5.74, 6) is -1.92. The Morgan fingerprint density at radius 2 is 1.71 bits per heavy atom. The highest BCUT2D eigenvalue weighted by atomic mass is 16.4. The number of amides is 4. The first kappa shape index (κ1) is 18.9. The quantitative estimate of drug-likeness (QED) is 0.455. The molecule has 0 aromatic heterocycles. The SMILES string of the molecule is CC(C)(CC(=O)O)CC(=O)NC(=O)NCCCCC(N)=O. The maximum atomic E-state index is 11.6. The van der Waals surface area contributed by atoms with Crippen molar-refractivity contribution >= 4 is 23.8 Å². The molecular formula is C13H23N3O5. The summed E-state index contributed by atoms with van der Waals surface area (Å²) in [5, 5.41) is 13.3. The Morgan fingerprint density at radius 3 is 2.24 bits per heavy atom. The summed E-state index contributed by atoms with van der Waals surface area (Å²) in [4.78, 5) is 44.1. The number of rotatable bonds is 9. The summed E-state index contributed by atoms with van der Waals surface area (Å²) < 4.78 is 0. The minimum atomic E-state index is -0.994. The Labute approximate surface area is 123 Å². The van der Waals surface area contributed by atoms with E-state index in [4.69, 9.17) is 10.8 Å². The molecular weight excluding hydrogens is 278 g/mol. The normalized spacial score (nSPS) is 10.8. The largest absolute Gasteiger partial charge is 0.481 e. The molecule has 0 unspecified atom stereocenters. The van der Waals surface area contributed by atoms with Gasteiger partial charge in [0.15, 0.2) is 0 Å². The predicted octanol–water partition coefficient (Wildman–Crippen LogP) is 0.359. The Hall–Kier alpha value is -2.12. The summed E-state index contributed by atoms with van der Waals surface area (Å²) in [6, 6.07) is -0.634. The molecule has 0 heterocycles. The molecule has 120 valence electrons. The molecule has 0 aromatic carbocycles. The molecule has 21 heavy (non-hydrogen) atoms. The average Bonchev–Trinajstić information content (AvgIpc) is 2.24. The summed E-state index contributed by atoms with van der Waals surface area (Å²) in [6.07, 6.45) is 1.18. The number of hydrogen-bond donors (Lipinski definition) is 4. The molecule has 0 fully saturated rings. The number of primary amides is 1. The zero-order valence-corrected chi connectivity index (χ0v) is 12.4. The third-order valence-electron chi connectivity index (χ3n) is 2.66. The molecule has 8 heteroatoms. The molecule has 0 saturated heterocycles. The third kappa shape index (κ3) is 11.4. The van der Waals surface area contributed by atoms with Crippen molar-refractivity contribution in [1.82, 2.24) is 10.6 Å². The fourth-order valence-electron chi connectivity index (χ4n) is 1.75. The van der Waals surface area contributed by atoms with E-state index in [-0.39, 0.29) is 19.3 Å². The van der Waals surface area contributed by atoms with Gasteiger partial charge in [0.25, 0.3) is 0 Å². The molecule has 5 N–H and O–H groups in total. The van der Waals surface area contributed by atoms with Crippen molar-refractivity contribution in [1.29, 1.82) is 0 Å². The highest BCUT2D eigenvalue weighted by Gasteiger charge is 2.25. The number of urea groups is 1. The van der Waals surface area contributed by atoms with Crippen LogP contribution in [0.1, 0.15) is 46.0 Å². The molecule has 0 aromatic rings. The lowest BCUT2D eigenvalue weighted by Crippen LogP contribution is -2.41. The van der Waals surface area contributed by atoms with E-state index in [2.05, 4.69) is 10.6 Å². The number of carboxylic acids is 1. The monoisotopic (exact) mass is 301 g/mol. The Morgan fingerprint density at radius 1 is 1.10 bits per heavy atom. The van der Waals surface area contributed by atoms with Crippen molar-refractivity contribution in [3.05, 3.63) is 0 Å². The van der Waals surface area contributed by atoms with Crippen molar-refractivity contribution < 1.29 is 24.3 Å². The molecule has 0 rings (SSSR count). The van der Waals surface area contributed by atoms with E-state index in [0.717, 1.165) is 0 Å². The van der Waals surface area contributed by atoms with Crippen LogP contribution in [0.5, 0.6) is 0 Å². The maximum absolute atomic E-state index is 11.6. The van der Waals surface area contributed by atoms with E-state index in [1.54, 1.807) is 13.8 Å². The van der Waals surface area contributed by atoms with Crippen LogP contribution in [0, 0.1) is 5.41 Å². The number of nitrogens with two attached hydrogens (primary N) is 1. The molecule has 4 amide bonds. The standard InChI is InChI=1S/C13H23N3O5/c1-13(2,8-11(19)20)7-10(18)16-12(21)15-6-4-3-5-9(14)17/h3-8H2,1-2H3,(H2,14,17)(H,19,20)(H2,15,16,18,21). The summed E-state index contributed by atoms with van der Waals surface area (Å²) >= 11 is 0. The lowest BCUT2D eigenvalue weighted by atomic mass is 9.85. The highest BCUT2D eigenvalue weighted by Crippen LogP contribution is 2.24. The molecule has 0 spiro atoms. The van der Waals surface area contributed by atoms with Crippen molar-refractivity contribution in [2.75, 3.05) is 6.54 Å². The van der Waals surface area contributed by atoms with Crippen LogP contribution in [-0.2, 0) is 14.4 Å². The van der Waals surface area contributed by atoms with E-state index in [1.165, 1.54) is 0 Å². The number of nitrogens with one attached hydrogen (secondary N) is 2. The van der Waals surface area contributed by atoms with Crippen molar-refractivity contribution in [3.63, 3.8) is 0 Å². The average molecular weight is 301 g/mol. The van der Waals surface area contributed by atoms with Crippen LogP contribution in [0.25, 0.3) is 0 Å². The highest BCUT2D eigenvalue weighted by molar-refractivity contribution is 5.94. The van der Waals surface area contributed by atoms with Gasteiger partial charge in [-0.15, -0.1) is 0 Å². The van der Waals surface area contributed by atoms with E-state index in [1.807, 2.05) is 0 Å². The maximum Gasteiger partial charge on any atom is 0.321 e. The smallest absolute Gasteiger partial charge is 0.321 e. The molecule has 0 atom stereocenters. The van der Waals surface area contributed by atoms with E-state index in [0.29, 0.717) is 19.4 Å². The first-order chi connectivity index (χ1) is 9.62. The van der Waals surface area contributed by atoms with Gasteiger partial charge in [0, 0.05) is 19.4 Å². The summed E-state index contributed by atoms with van der Waals surface area (Å²) in [5.41, 5.74) is 4.24. The first-order valence-electron chi connectivity index (χ1n) is 6.70. The number of carbonyl (C=O) groups excluding carboxylic acids is 3. The van der Waals surface area contributed by atoms with Crippen LogP contribution in [0.3, 0.4) is 0 Å². The van der Waals surface area contributed by atoms with E-state index < -0.39 is 29.2 Å². The Balaban J connectivity index is 3.91. The van der Waals surface area contributed by atoms with E-state index >= 15 is 0 Å². The van der Waals surface area contributed by atoms with Gasteiger partial charge >= 0.3 is 12.0 Å². The minimum Gasteiger partial charge on any atom is -0.481 e. The molecule has 0 aliphatic rings. The fourth-order valence-corrected chi connectivity index (χ4v) is 1.75. The van der Waals surface area contributed by atoms with Gasteiger partial charge in [-0.05, 0) is 18.3 Å². The Kier molecular flexibility index (Phi) is 8.03. The number of hydrogen-bond acceptors (Lipinski definition) is 4. The number of carbonyl (C=O) groups is 4. The van der Waals surface area contributed by atoms with Gasteiger partial charge in [-0.25, -0.2) is 4.79 Å². The molecule has 0 bridgehead atoms. The van der Waals surface area contributed by atoms with Gasteiger partial charge in [-0.3, -0.25) is 19.7 Å². The number of aliphatic carboxylic acids is 1. The molecule has 0 saturated carbocycles. The lowest BCUT2D eigenvalue weighted by molar-refractivity contribution is -0.139. The molecule has 0 radical (unpaired) electrons. The second-order valence-corrected chi connectivity index (χ2v) is 5.64. The summed E-state index contributed by atoms with van der Waals surface area (Å²) in [6.45, 7) is 3.61. The van der Waals surface area contributed by atoms with Crippen molar-refractivity contribution in [2.24, 2.45) is 11.1 Å². The lowest BCUT2D eigenvalue weighted by Gasteiger charge is -2.21. The second-order valence-electron chi connectivity index (χ2n) is 5.64. The predicted molar refractivity (Wildman–Crippen MR) is 75.2 cm³/mol. The van der Waals surface area contributed by atoms with Gasteiger partial charge in [-0.1, -0.05) is 13.8 Å². The summed E-state index contributed by atoms with van der Waals surface area (Å²) in [7, 11) is 0. The first-order valence-corrected chi connectivity index (χ1v) is 6.70. The van der Waals surface area contributed by atoms with Crippen LogP contribution in [0.15, 0.2) is 0 Å². The van der Waals surface area contributed by atoms with Gasteiger partial charge < -0.3 is 16.2 Å². The topological polar surface area (TPSA) is 139 Å². The fraction of sp³-hybridized carbons (Fsp3) is 0.692. The number of imide groups is 1. The number of carboxylic acid groups (broad SMARTS) is 1. The van der Waals surface area contributed by atoms with Gasteiger partial charge in [0.05, 0.1) is 6.42 Å². The Bertz CT molecular complexity index is 407. The van der Waals surface area contributed by atoms with Crippen LogP contribution in [0.2, 0.25) is 0 Å². The van der Waals surface area contributed by atoms with Crippen LogP contribution in [-0.4, -0.2) is 35.5 Å². The van der Waals surface area contributed by atoms with Gasteiger partial charge in [0.2, 0.25) is 11.8 Å². The third-order valence-corrected chi connectivity index (χ3v) is 2.66. The van der Waals surface area contributed by atoms with E-state index in [9.17, 15) is 19.2 Å². The van der Waals surface area contributed by atoms with Gasteiger partial charge in [0.1, 0.15) is 0 Å². The molecule has 8 nitrogen and oxygen atoms in total. The minimum absolute atomic E-state index is 0.0611. The van der Waals surface area contributed by atoms with Crippen LogP contribution >= 0.6 is 0 Å². The van der Waals surface area contributed by atoms with Crippen LogP contribution in [0.4, 0.5) is 4.79 Å². The van der Waals surface area contributed by atoms with Gasteiger partial charge in [-0.2, -0.15) is 0 Å². The second kappa shape index (κ2) is 8.93. The molecule has 0 aliphatic heterocycles. The van der Waals surface area contributed by atoms with Crippen LogP contribution < -0.4 is 16.4 Å². The zero-order valence-electron chi connectivity index (χ0n) is 12.4. The zero-order chi connectivity index (χ0) is 16.5. The van der Waals surface area contributed by atoms with Crippen molar-refractivity contribution in [2.45, 2.75) is 46.0 Å². The molecule has 0 aliphatic carbocycles. The number of unbranched alkanes of at least 4 members (excludes halogenated alkanes) is 1. The van der Waals surface area contributed by atoms with Crippen molar-refractivity contribution in [3.8, 4) is 0 Å².